The van der Waals surface area contributed by atoms with Crippen LogP contribution in [0.15, 0.2) is 36.4 Å². The molecule has 0 heterocycles. The van der Waals surface area contributed by atoms with Gasteiger partial charge in [0.25, 0.3) is 0 Å². The Balaban J connectivity index is 2.31. The lowest BCUT2D eigenvalue weighted by Gasteiger charge is -2.11. The number of anilines is 3. The van der Waals surface area contributed by atoms with E-state index in [0.29, 0.717) is 21.5 Å². The molecule has 0 amide bonds. The van der Waals surface area contributed by atoms with E-state index in [1.165, 1.54) is 0 Å². The smallest absolute Gasteiger partial charge is 0.143 e. The predicted molar refractivity (Wildman–Crippen MR) is 77.2 cm³/mol. The van der Waals surface area contributed by atoms with Gasteiger partial charge in [0.15, 0.2) is 0 Å². The standard InChI is InChI=1S/C13H12Cl2N2O/c1-18-12-7-8(5-6-10(12)16)17-11-4-2-3-9(14)13(11)15/h2-7,17H,16H2,1H3. The first-order valence-corrected chi connectivity index (χ1v) is 6.02. The van der Waals surface area contributed by atoms with Gasteiger partial charge in [-0.3, -0.25) is 0 Å². The van der Waals surface area contributed by atoms with Crippen molar-refractivity contribution >= 4 is 40.3 Å². The maximum Gasteiger partial charge on any atom is 0.143 e. The molecule has 3 N–H and O–H groups in total. The number of nitrogen functional groups attached to an aromatic ring is 1. The SMILES string of the molecule is COc1cc(Nc2cccc(Cl)c2Cl)ccc1N. The molecule has 2 aromatic rings. The van der Waals surface area contributed by atoms with Crippen molar-refractivity contribution in [1.82, 2.24) is 0 Å². The zero-order chi connectivity index (χ0) is 13.1. The summed E-state index contributed by atoms with van der Waals surface area (Å²) in [6, 6.07) is 10.8. The summed E-state index contributed by atoms with van der Waals surface area (Å²) in [6.45, 7) is 0. The highest BCUT2D eigenvalue weighted by Crippen LogP contribution is 2.33. The highest BCUT2D eigenvalue weighted by Gasteiger charge is 2.06. The molecule has 2 rings (SSSR count). The molecule has 0 aliphatic carbocycles. The summed E-state index contributed by atoms with van der Waals surface area (Å²) in [5.74, 6) is 0.609. The van der Waals surface area contributed by atoms with Gasteiger partial charge in [0, 0.05) is 11.8 Å². The molecule has 0 aliphatic heterocycles. The summed E-state index contributed by atoms with van der Waals surface area (Å²) in [5, 5.41) is 4.15. The van der Waals surface area contributed by atoms with E-state index in [4.69, 9.17) is 33.7 Å². The van der Waals surface area contributed by atoms with Gasteiger partial charge in [-0.05, 0) is 24.3 Å². The number of nitrogens with one attached hydrogen (secondary N) is 1. The van der Waals surface area contributed by atoms with Crippen LogP contribution in [0.1, 0.15) is 0 Å². The summed E-state index contributed by atoms with van der Waals surface area (Å²) in [7, 11) is 1.57. The average molecular weight is 283 g/mol. The lowest BCUT2D eigenvalue weighted by Crippen LogP contribution is -1.95. The number of ether oxygens (including phenoxy) is 1. The Morgan fingerprint density at radius 1 is 1.17 bits per heavy atom. The molecule has 0 aliphatic rings. The molecular formula is C13H12Cl2N2O. The summed E-state index contributed by atoms with van der Waals surface area (Å²) in [6.07, 6.45) is 0. The van der Waals surface area contributed by atoms with Crippen LogP contribution >= 0.6 is 23.2 Å². The van der Waals surface area contributed by atoms with Crippen LogP contribution < -0.4 is 15.8 Å². The molecule has 0 radical (unpaired) electrons. The van der Waals surface area contributed by atoms with Crippen molar-refractivity contribution in [3.63, 3.8) is 0 Å². The average Bonchev–Trinajstić information content (AvgIpc) is 2.37. The Morgan fingerprint density at radius 2 is 1.94 bits per heavy atom. The van der Waals surface area contributed by atoms with Gasteiger partial charge in [-0.1, -0.05) is 29.3 Å². The fraction of sp³-hybridized carbons (Fsp3) is 0.0769. The van der Waals surface area contributed by atoms with Crippen molar-refractivity contribution in [2.24, 2.45) is 0 Å². The summed E-state index contributed by atoms with van der Waals surface area (Å²) in [4.78, 5) is 0. The molecule has 3 nitrogen and oxygen atoms in total. The van der Waals surface area contributed by atoms with E-state index in [2.05, 4.69) is 5.32 Å². The quantitative estimate of drug-likeness (QED) is 0.824. The van der Waals surface area contributed by atoms with Gasteiger partial charge in [-0.25, -0.2) is 0 Å². The lowest BCUT2D eigenvalue weighted by atomic mass is 10.2. The highest BCUT2D eigenvalue weighted by atomic mass is 35.5. The van der Waals surface area contributed by atoms with Gasteiger partial charge in [0.1, 0.15) is 5.75 Å². The van der Waals surface area contributed by atoms with Crippen LogP contribution in [0.5, 0.6) is 5.75 Å². The van der Waals surface area contributed by atoms with Gasteiger partial charge >= 0.3 is 0 Å². The Kier molecular flexibility index (Phi) is 3.84. The summed E-state index contributed by atoms with van der Waals surface area (Å²) < 4.78 is 5.15. The van der Waals surface area contributed by atoms with Crippen molar-refractivity contribution in [3.05, 3.63) is 46.4 Å². The van der Waals surface area contributed by atoms with E-state index in [0.717, 1.165) is 11.4 Å². The van der Waals surface area contributed by atoms with Gasteiger partial charge in [-0.2, -0.15) is 0 Å². The fourth-order valence-corrected chi connectivity index (χ4v) is 1.89. The Morgan fingerprint density at radius 3 is 2.67 bits per heavy atom. The van der Waals surface area contributed by atoms with Crippen LogP contribution in [0.4, 0.5) is 17.1 Å². The van der Waals surface area contributed by atoms with E-state index < -0.39 is 0 Å². The summed E-state index contributed by atoms with van der Waals surface area (Å²) >= 11 is 12.0. The molecule has 94 valence electrons. The molecule has 0 fully saturated rings. The first-order chi connectivity index (χ1) is 8.61. The molecule has 2 aromatic carbocycles. The number of hydrogen-bond donors (Lipinski definition) is 2. The Labute approximate surface area is 115 Å². The topological polar surface area (TPSA) is 47.3 Å². The second kappa shape index (κ2) is 5.38. The van der Waals surface area contributed by atoms with E-state index in [9.17, 15) is 0 Å². The Hall–Kier alpha value is -1.58. The van der Waals surface area contributed by atoms with Gasteiger partial charge in [0.2, 0.25) is 0 Å². The van der Waals surface area contributed by atoms with Crippen LogP contribution in [0.25, 0.3) is 0 Å². The van der Waals surface area contributed by atoms with Gasteiger partial charge in [-0.15, -0.1) is 0 Å². The molecule has 18 heavy (non-hydrogen) atoms. The van der Waals surface area contributed by atoms with Crippen LogP contribution in [0.2, 0.25) is 10.0 Å². The van der Waals surface area contributed by atoms with E-state index in [-0.39, 0.29) is 0 Å². The van der Waals surface area contributed by atoms with Crippen molar-refractivity contribution in [3.8, 4) is 5.75 Å². The molecule has 0 unspecified atom stereocenters. The monoisotopic (exact) mass is 282 g/mol. The van der Waals surface area contributed by atoms with Gasteiger partial charge in [0.05, 0.1) is 28.5 Å². The van der Waals surface area contributed by atoms with Crippen LogP contribution in [-0.4, -0.2) is 7.11 Å². The molecular weight excluding hydrogens is 271 g/mol. The zero-order valence-corrected chi connectivity index (χ0v) is 11.2. The first-order valence-electron chi connectivity index (χ1n) is 5.26. The number of benzene rings is 2. The van der Waals surface area contributed by atoms with Crippen LogP contribution in [0.3, 0.4) is 0 Å². The molecule has 0 aromatic heterocycles. The minimum absolute atomic E-state index is 0.481. The summed E-state index contributed by atoms with van der Waals surface area (Å²) in [5.41, 5.74) is 7.89. The minimum Gasteiger partial charge on any atom is -0.495 e. The van der Waals surface area contributed by atoms with Crippen LogP contribution in [-0.2, 0) is 0 Å². The largest absolute Gasteiger partial charge is 0.495 e. The van der Waals surface area contributed by atoms with Crippen LogP contribution in [0, 0.1) is 0 Å². The van der Waals surface area contributed by atoms with Crippen molar-refractivity contribution in [2.75, 3.05) is 18.2 Å². The Bertz CT molecular complexity index is 573. The van der Waals surface area contributed by atoms with E-state index in [1.807, 2.05) is 18.2 Å². The molecule has 5 heteroatoms. The lowest BCUT2D eigenvalue weighted by molar-refractivity contribution is 0.417. The van der Waals surface area contributed by atoms with E-state index >= 15 is 0 Å². The second-order valence-corrected chi connectivity index (χ2v) is 4.47. The molecule has 0 saturated carbocycles. The minimum atomic E-state index is 0.481. The molecule has 0 spiro atoms. The molecule has 0 saturated heterocycles. The third-order valence-electron chi connectivity index (χ3n) is 2.46. The third-order valence-corrected chi connectivity index (χ3v) is 3.28. The normalized spacial score (nSPS) is 10.2. The number of halogens is 2. The molecule has 0 bridgehead atoms. The number of rotatable bonds is 3. The second-order valence-electron chi connectivity index (χ2n) is 3.68. The van der Waals surface area contributed by atoms with E-state index in [1.54, 1.807) is 25.3 Å². The first kappa shape index (κ1) is 12.9. The van der Waals surface area contributed by atoms with Crippen molar-refractivity contribution < 1.29 is 4.74 Å². The zero-order valence-electron chi connectivity index (χ0n) is 9.71. The maximum atomic E-state index is 6.10. The predicted octanol–water partition coefficient (Wildman–Crippen LogP) is 4.33. The molecule has 0 atom stereocenters. The number of methoxy groups -OCH3 is 1. The maximum absolute atomic E-state index is 6.10. The number of nitrogens with two attached hydrogens (primary N) is 1. The highest BCUT2D eigenvalue weighted by molar-refractivity contribution is 6.43. The van der Waals surface area contributed by atoms with Gasteiger partial charge < -0.3 is 15.8 Å². The number of hydrogen-bond acceptors (Lipinski definition) is 3. The fourth-order valence-electron chi connectivity index (χ4n) is 1.54. The van der Waals surface area contributed by atoms with Crippen molar-refractivity contribution in [2.45, 2.75) is 0 Å². The third kappa shape index (κ3) is 2.63. The van der Waals surface area contributed by atoms with Crippen molar-refractivity contribution in [1.29, 1.82) is 0 Å².